The summed E-state index contributed by atoms with van der Waals surface area (Å²) in [5.41, 5.74) is 0. The van der Waals surface area contributed by atoms with Crippen LogP contribution in [0.3, 0.4) is 0 Å². The van der Waals surface area contributed by atoms with E-state index in [1.54, 1.807) is 7.11 Å². The molecule has 1 unspecified atom stereocenters. The fourth-order valence-corrected chi connectivity index (χ4v) is 1.55. The molecule has 2 rings (SSSR count). The third-order valence-electron chi connectivity index (χ3n) is 2.58. The van der Waals surface area contributed by atoms with E-state index >= 15 is 0 Å². The second kappa shape index (κ2) is 5.44. The topological polar surface area (TPSA) is 60.2 Å². The van der Waals surface area contributed by atoms with Crippen LogP contribution in [0.15, 0.2) is 4.52 Å². The van der Waals surface area contributed by atoms with Crippen molar-refractivity contribution in [2.45, 2.75) is 25.4 Å². The monoisotopic (exact) mass is 233 g/mol. The molecule has 1 aliphatic heterocycles. The van der Waals surface area contributed by atoms with Crippen LogP contribution in [-0.2, 0) is 4.74 Å². The first kappa shape index (κ1) is 12.4. The summed E-state index contributed by atoms with van der Waals surface area (Å²) in [5, 5.41) is 7.16. The molecule has 1 fully saturated rings. The van der Waals surface area contributed by atoms with Crippen LogP contribution >= 0.6 is 12.4 Å². The highest BCUT2D eigenvalue weighted by Crippen LogP contribution is 2.22. The highest BCUT2D eigenvalue weighted by atomic mass is 35.5. The quantitative estimate of drug-likeness (QED) is 0.852. The van der Waals surface area contributed by atoms with Crippen molar-refractivity contribution in [2.75, 3.05) is 20.2 Å². The fraction of sp³-hybridized carbons (Fsp3) is 0.778. The molecule has 6 heteroatoms. The van der Waals surface area contributed by atoms with Crippen molar-refractivity contribution < 1.29 is 9.26 Å². The van der Waals surface area contributed by atoms with Gasteiger partial charge in [0.1, 0.15) is 6.10 Å². The molecule has 0 saturated carbocycles. The van der Waals surface area contributed by atoms with E-state index in [0.717, 1.165) is 25.4 Å². The van der Waals surface area contributed by atoms with Gasteiger partial charge in [-0.05, 0) is 19.9 Å². The smallest absolute Gasteiger partial charge is 0.231 e. The molecule has 5 nitrogen and oxygen atoms in total. The normalized spacial score (nSPS) is 22.4. The Morgan fingerprint density at radius 2 is 2.40 bits per heavy atom. The zero-order valence-corrected chi connectivity index (χ0v) is 9.71. The molecule has 1 aromatic heterocycles. The van der Waals surface area contributed by atoms with Gasteiger partial charge in [0, 0.05) is 13.7 Å². The van der Waals surface area contributed by atoms with Gasteiger partial charge in [0.15, 0.2) is 5.82 Å². The average Bonchev–Trinajstić information content (AvgIpc) is 2.86. The van der Waals surface area contributed by atoms with Crippen molar-refractivity contribution in [1.82, 2.24) is 15.5 Å². The molecule has 1 N–H and O–H groups in total. The van der Waals surface area contributed by atoms with Crippen LogP contribution in [0.4, 0.5) is 0 Å². The first-order valence-electron chi connectivity index (χ1n) is 4.88. The molecular weight excluding hydrogens is 218 g/mol. The minimum Gasteiger partial charge on any atom is -0.374 e. The molecule has 0 amide bonds. The molecular formula is C9H16ClN3O2. The van der Waals surface area contributed by atoms with E-state index in [1.807, 2.05) is 6.92 Å². The Balaban J connectivity index is 0.00000112. The SMILES string of the molecule is COC(C)c1noc([C@H]2CCNC2)n1.Cl. The van der Waals surface area contributed by atoms with Gasteiger partial charge in [-0.3, -0.25) is 0 Å². The molecule has 1 aliphatic rings. The van der Waals surface area contributed by atoms with Gasteiger partial charge in [-0.1, -0.05) is 5.16 Å². The molecule has 2 atom stereocenters. The van der Waals surface area contributed by atoms with Crippen LogP contribution in [0.25, 0.3) is 0 Å². The summed E-state index contributed by atoms with van der Waals surface area (Å²) in [4.78, 5) is 4.32. The van der Waals surface area contributed by atoms with Gasteiger partial charge < -0.3 is 14.6 Å². The number of halogens is 1. The minimum absolute atomic E-state index is 0. The summed E-state index contributed by atoms with van der Waals surface area (Å²) in [6.45, 7) is 3.87. The lowest BCUT2D eigenvalue weighted by Crippen LogP contribution is -2.08. The molecule has 0 spiro atoms. The molecule has 0 radical (unpaired) electrons. The summed E-state index contributed by atoms with van der Waals surface area (Å²) in [6.07, 6.45) is 0.977. The molecule has 0 bridgehead atoms. The number of nitrogens with one attached hydrogen (secondary N) is 1. The summed E-state index contributed by atoms with van der Waals surface area (Å²) < 4.78 is 10.3. The van der Waals surface area contributed by atoms with Gasteiger partial charge in [-0.15, -0.1) is 12.4 Å². The lowest BCUT2D eigenvalue weighted by atomic mass is 10.1. The van der Waals surface area contributed by atoms with Gasteiger partial charge >= 0.3 is 0 Å². The number of aromatic nitrogens is 2. The molecule has 1 aromatic rings. The van der Waals surface area contributed by atoms with Gasteiger partial charge in [0.25, 0.3) is 0 Å². The highest BCUT2D eigenvalue weighted by molar-refractivity contribution is 5.85. The minimum atomic E-state index is -0.0955. The molecule has 0 aliphatic carbocycles. The van der Waals surface area contributed by atoms with E-state index in [2.05, 4.69) is 15.5 Å². The standard InChI is InChI=1S/C9H15N3O2.ClH/c1-6(13-2)8-11-9(14-12-8)7-3-4-10-5-7;/h6-7,10H,3-5H2,1-2H3;1H/t6?,7-;/m0./s1. The Hall–Kier alpha value is -0.650. The van der Waals surface area contributed by atoms with Crippen molar-refractivity contribution in [2.24, 2.45) is 0 Å². The summed E-state index contributed by atoms with van der Waals surface area (Å²) >= 11 is 0. The molecule has 15 heavy (non-hydrogen) atoms. The zero-order chi connectivity index (χ0) is 9.97. The van der Waals surface area contributed by atoms with Crippen LogP contribution in [-0.4, -0.2) is 30.3 Å². The number of methoxy groups -OCH3 is 1. The maximum absolute atomic E-state index is 5.19. The Morgan fingerprint density at radius 1 is 1.60 bits per heavy atom. The van der Waals surface area contributed by atoms with E-state index in [9.17, 15) is 0 Å². The van der Waals surface area contributed by atoms with E-state index in [1.165, 1.54) is 0 Å². The van der Waals surface area contributed by atoms with Gasteiger partial charge in [-0.25, -0.2) is 0 Å². The number of nitrogens with zero attached hydrogens (tertiary/aromatic N) is 2. The number of rotatable bonds is 3. The Morgan fingerprint density at radius 3 is 3.00 bits per heavy atom. The van der Waals surface area contributed by atoms with Crippen LogP contribution < -0.4 is 5.32 Å². The second-order valence-electron chi connectivity index (χ2n) is 3.56. The van der Waals surface area contributed by atoms with E-state index in [4.69, 9.17) is 9.26 Å². The van der Waals surface area contributed by atoms with E-state index in [0.29, 0.717) is 11.7 Å². The largest absolute Gasteiger partial charge is 0.374 e. The molecule has 2 heterocycles. The maximum Gasteiger partial charge on any atom is 0.231 e. The van der Waals surface area contributed by atoms with Crippen LogP contribution in [0.2, 0.25) is 0 Å². The van der Waals surface area contributed by atoms with Crippen LogP contribution in [0.1, 0.15) is 37.1 Å². The predicted octanol–water partition coefficient (Wildman–Crippen LogP) is 1.28. The number of hydrogen-bond donors (Lipinski definition) is 1. The van der Waals surface area contributed by atoms with Crippen molar-refractivity contribution in [1.29, 1.82) is 0 Å². The maximum atomic E-state index is 5.19. The summed E-state index contributed by atoms with van der Waals surface area (Å²) in [6, 6.07) is 0. The van der Waals surface area contributed by atoms with Crippen molar-refractivity contribution in [3.63, 3.8) is 0 Å². The first-order chi connectivity index (χ1) is 6.81. The highest BCUT2D eigenvalue weighted by Gasteiger charge is 2.23. The van der Waals surface area contributed by atoms with Crippen molar-refractivity contribution >= 4 is 12.4 Å². The molecule has 1 saturated heterocycles. The van der Waals surface area contributed by atoms with Crippen LogP contribution in [0.5, 0.6) is 0 Å². The summed E-state index contributed by atoms with van der Waals surface area (Å²) in [7, 11) is 1.64. The van der Waals surface area contributed by atoms with Crippen LogP contribution in [0, 0.1) is 0 Å². The lowest BCUT2D eigenvalue weighted by Gasteiger charge is -2.02. The number of hydrogen-bond acceptors (Lipinski definition) is 5. The number of ether oxygens (including phenoxy) is 1. The fourth-order valence-electron chi connectivity index (χ4n) is 1.55. The third kappa shape index (κ3) is 2.68. The molecule has 86 valence electrons. The lowest BCUT2D eigenvalue weighted by molar-refractivity contribution is 0.109. The van der Waals surface area contributed by atoms with E-state index in [-0.39, 0.29) is 18.5 Å². The third-order valence-corrected chi connectivity index (χ3v) is 2.58. The first-order valence-corrected chi connectivity index (χ1v) is 4.88. The van der Waals surface area contributed by atoms with Crippen molar-refractivity contribution in [3.05, 3.63) is 11.7 Å². The summed E-state index contributed by atoms with van der Waals surface area (Å²) in [5.74, 6) is 1.74. The Bertz CT molecular complexity index is 299. The predicted molar refractivity (Wildman–Crippen MR) is 57.2 cm³/mol. The van der Waals surface area contributed by atoms with Gasteiger partial charge in [0.05, 0.1) is 5.92 Å². The molecule has 0 aromatic carbocycles. The van der Waals surface area contributed by atoms with Gasteiger partial charge in [0.2, 0.25) is 5.89 Å². The average molecular weight is 234 g/mol. The van der Waals surface area contributed by atoms with Gasteiger partial charge in [-0.2, -0.15) is 4.98 Å². The Kier molecular flexibility index (Phi) is 4.50. The van der Waals surface area contributed by atoms with Crippen molar-refractivity contribution in [3.8, 4) is 0 Å². The Labute approximate surface area is 95.0 Å². The zero-order valence-electron chi connectivity index (χ0n) is 8.90. The van der Waals surface area contributed by atoms with E-state index < -0.39 is 0 Å². The second-order valence-corrected chi connectivity index (χ2v) is 3.56.